The molecular formula is C27H27Br2N3O. The zero-order valence-corrected chi connectivity index (χ0v) is 21.9. The highest BCUT2D eigenvalue weighted by molar-refractivity contribution is 9.11. The number of halogens is 2. The van der Waals surface area contributed by atoms with Crippen molar-refractivity contribution in [1.29, 1.82) is 0 Å². The molecule has 0 amide bonds. The minimum Gasteiger partial charge on any atom is -0.506 e. The van der Waals surface area contributed by atoms with Gasteiger partial charge in [-0.05, 0) is 93.9 Å². The lowest BCUT2D eigenvalue weighted by atomic mass is 10.0. The molecule has 0 atom stereocenters. The van der Waals surface area contributed by atoms with E-state index in [1.807, 2.05) is 18.2 Å². The number of aromatic nitrogens is 2. The van der Waals surface area contributed by atoms with Crippen molar-refractivity contribution in [2.75, 3.05) is 18.0 Å². The molecule has 4 rings (SSSR count). The molecule has 170 valence electrons. The third-order valence-electron chi connectivity index (χ3n) is 5.85. The minimum absolute atomic E-state index is 0.182. The molecule has 0 spiro atoms. The summed E-state index contributed by atoms with van der Waals surface area (Å²) in [6.07, 6.45) is 1.74. The number of anilines is 1. The molecule has 6 heteroatoms. The van der Waals surface area contributed by atoms with Gasteiger partial charge in [-0.25, -0.2) is 4.98 Å². The number of nitrogens with one attached hydrogen (secondary N) is 1. The van der Waals surface area contributed by atoms with Gasteiger partial charge in [0.1, 0.15) is 11.6 Å². The lowest BCUT2D eigenvalue weighted by Gasteiger charge is -2.21. The Morgan fingerprint density at radius 2 is 1.48 bits per heavy atom. The van der Waals surface area contributed by atoms with E-state index in [2.05, 4.69) is 104 Å². The van der Waals surface area contributed by atoms with Crippen molar-refractivity contribution in [1.82, 2.24) is 9.97 Å². The number of phenolic OH excluding ortho intramolecular Hbond substituents is 1. The zero-order valence-electron chi connectivity index (χ0n) is 18.8. The van der Waals surface area contributed by atoms with Gasteiger partial charge in [0.15, 0.2) is 0 Å². The van der Waals surface area contributed by atoms with E-state index in [0.717, 1.165) is 54.3 Å². The van der Waals surface area contributed by atoms with Crippen LogP contribution >= 0.6 is 31.9 Å². The summed E-state index contributed by atoms with van der Waals surface area (Å²) in [7, 11) is 0. The van der Waals surface area contributed by atoms with Crippen LogP contribution in [0.2, 0.25) is 0 Å². The first-order valence-corrected chi connectivity index (χ1v) is 12.7. The summed E-state index contributed by atoms with van der Waals surface area (Å²) in [5.74, 6) is 0.962. The highest BCUT2D eigenvalue weighted by atomic mass is 79.9. The number of hydrogen-bond acceptors (Lipinski definition) is 3. The maximum absolute atomic E-state index is 10.1. The van der Waals surface area contributed by atoms with Gasteiger partial charge >= 0.3 is 0 Å². The van der Waals surface area contributed by atoms with Crippen molar-refractivity contribution in [2.24, 2.45) is 0 Å². The molecule has 1 heterocycles. The summed E-state index contributed by atoms with van der Waals surface area (Å²) in [5.41, 5.74) is 6.60. The molecule has 0 aliphatic heterocycles. The Bertz CT molecular complexity index is 1190. The largest absolute Gasteiger partial charge is 0.506 e. The third kappa shape index (κ3) is 5.33. The number of hydrogen-bond donors (Lipinski definition) is 2. The molecule has 0 radical (unpaired) electrons. The molecule has 4 aromatic rings. The second-order valence-corrected chi connectivity index (χ2v) is 9.61. The number of imidazole rings is 1. The lowest BCUT2D eigenvalue weighted by Crippen LogP contribution is -2.21. The van der Waals surface area contributed by atoms with Crippen LogP contribution in [0.1, 0.15) is 25.1 Å². The smallest absolute Gasteiger partial charge is 0.143 e. The van der Waals surface area contributed by atoms with E-state index in [4.69, 9.17) is 4.98 Å². The maximum atomic E-state index is 10.1. The van der Waals surface area contributed by atoms with Gasteiger partial charge in [0.05, 0.1) is 20.3 Å². The fourth-order valence-electron chi connectivity index (χ4n) is 4.00. The van der Waals surface area contributed by atoms with E-state index in [1.54, 1.807) is 0 Å². The first kappa shape index (κ1) is 23.6. The van der Waals surface area contributed by atoms with E-state index in [9.17, 15) is 5.11 Å². The van der Waals surface area contributed by atoms with Gasteiger partial charge in [-0.3, -0.25) is 0 Å². The molecule has 33 heavy (non-hydrogen) atoms. The molecule has 3 aromatic carbocycles. The normalized spacial score (nSPS) is 11.0. The Labute approximate surface area is 212 Å². The Balaban J connectivity index is 1.72. The highest BCUT2D eigenvalue weighted by Crippen LogP contribution is 2.37. The number of aromatic amines is 1. The average molecular weight is 569 g/mol. The summed E-state index contributed by atoms with van der Waals surface area (Å²) < 4.78 is 1.25. The molecule has 2 N–H and O–H groups in total. The molecule has 0 aliphatic rings. The van der Waals surface area contributed by atoms with Crippen LogP contribution in [0.15, 0.2) is 75.7 Å². The molecule has 0 unspecified atom stereocenters. The molecule has 4 nitrogen and oxygen atoms in total. The second kappa shape index (κ2) is 10.6. The van der Waals surface area contributed by atoms with Crippen LogP contribution in [0.25, 0.3) is 22.6 Å². The lowest BCUT2D eigenvalue weighted by molar-refractivity contribution is 0.468. The van der Waals surface area contributed by atoms with E-state index in [1.165, 1.54) is 11.3 Å². The molecule has 0 aliphatic carbocycles. The Kier molecular flexibility index (Phi) is 7.56. The number of H-pyrrole nitrogens is 1. The van der Waals surface area contributed by atoms with E-state index in [0.29, 0.717) is 8.95 Å². The molecule has 0 saturated heterocycles. The predicted molar refractivity (Wildman–Crippen MR) is 144 cm³/mol. The predicted octanol–water partition coefficient (Wildman–Crippen LogP) is 7.61. The van der Waals surface area contributed by atoms with Crippen LogP contribution in [0.5, 0.6) is 5.75 Å². The standard InChI is InChI=1S/C27H27Br2N3O/c1-3-32(4-2)21-13-11-19(12-14-21)25-24(15-10-18-8-6-5-7-9-18)30-27(31-25)20-16-22(28)26(33)23(29)17-20/h5-9,11-14,16-17,33H,3-4,10,15H2,1-2H3,(H,30,31). The number of aryl methyl sites for hydroxylation is 2. The van der Waals surface area contributed by atoms with Gasteiger partial charge in [-0.2, -0.15) is 0 Å². The number of aromatic hydroxyl groups is 1. The van der Waals surface area contributed by atoms with Gasteiger partial charge in [0.2, 0.25) is 0 Å². The van der Waals surface area contributed by atoms with Gasteiger partial charge in [0, 0.05) is 24.3 Å². The Hall–Kier alpha value is -2.57. The molecule has 0 saturated carbocycles. The van der Waals surface area contributed by atoms with E-state index < -0.39 is 0 Å². The first-order chi connectivity index (χ1) is 16.0. The van der Waals surface area contributed by atoms with Gasteiger partial charge in [-0.1, -0.05) is 42.5 Å². The summed E-state index contributed by atoms with van der Waals surface area (Å²) in [5, 5.41) is 10.1. The summed E-state index contributed by atoms with van der Waals surface area (Å²) in [4.78, 5) is 10.9. The first-order valence-electron chi connectivity index (χ1n) is 11.2. The molecular weight excluding hydrogens is 542 g/mol. The van der Waals surface area contributed by atoms with Crippen molar-refractivity contribution >= 4 is 37.5 Å². The number of rotatable bonds is 8. The van der Waals surface area contributed by atoms with Crippen molar-refractivity contribution in [3.63, 3.8) is 0 Å². The average Bonchev–Trinajstić information content (AvgIpc) is 3.27. The van der Waals surface area contributed by atoms with Crippen molar-refractivity contribution in [2.45, 2.75) is 26.7 Å². The zero-order chi connectivity index (χ0) is 23.4. The molecule has 1 aromatic heterocycles. The van der Waals surface area contributed by atoms with E-state index in [-0.39, 0.29) is 5.75 Å². The fourth-order valence-corrected chi connectivity index (χ4v) is 5.19. The van der Waals surface area contributed by atoms with Gasteiger partial charge in [-0.15, -0.1) is 0 Å². The minimum atomic E-state index is 0.182. The van der Waals surface area contributed by atoms with Crippen LogP contribution in [0.3, 0.4) is 0 Å². The molecule has 0 bridgehead atoms. The van der Waals surface area contributed by atoms with Crippen LogP contribution in [0.4, 0.5) is 5.69 Å². The van der Waals surface area contributed by atoms with Crippen LogP contribution < -0.4 is 4.90 Å². The number of benzene rings is 3. The van der Waals surface area contributed by atoms with Crippen molar-refractivity contribution in [3.8, 4) is 28.4 Å². The number of phenols is 1. The summed E-state index contributed by atoms with van der Waals surface area (Å²) in [6, 6.07) is 22.9. The molecule has 0 fully saturated rings. The van der Waals surface area contributed by atoms with Crippen molar-refractivity contribution in [3.05, 3.63) is 86.9 Å². The summed E-state index contributed by atoms with van der Waals surface area (Å²) in [6.45, 7) is 6.32. The Morgan fingerprint density at radius 1 is 0.848 bits per heavy atom. The monoisotopic (exact) mass is 567 g/mol. The SMILES string of the molecule is CCN(CC)c1ccc(-c2[nH]c(-c3cc(Br)c(O)c(Br)c3)nc2CCc2ccccc2)cc1. The highest BCUT2D eigenvalue weighted by Gasteiger charge is 2.16. The quantitative estimate of drug-likeness (QED) is 0.230. The maximum Gasteiger partial charge on any atom is 0.143 e. The fraction of sp³-hybridized carbons (Fsp3) is 0.222. The van der Waals surface area contributed by atoms with Crippen LogP contribution in [-0.4, -0.2) is 28.2 Å². The van der Waals surface area contributed by atoms with Gasteiger partial charge in [0.25, 0.3) is 0 Å². The summed E-state index contributed by atoms with van der Waals surface area (Å²) >= 11 is 6.87. The number of nitrogens with zero attached hydrogens (tertiary/aromatic N) is 2. The topological polar surface area (TPSA) is 52.2 Å². The second-order valence-electron chi connectivity index (χ2n) is 7.90. The van der Waals surface area contributed by atoms with E-state index >= 15 is 0 Å². The van der Waals surface area contributed by atoms with Crippen LogP contribution in [-0.2, 0) is 12.8 Å². The third-order valence-corrected chi connectivity index (χ3v) is 7.06. The Morgan fingerprint density at radius 3 is 2.09 bits per heavy atom. The van der Waals surface area contributed by atoms with Crippen LogP contribution in [0, 0.1) is 0 Å². The van der Waals surface area contributed by atoms with Gasteiger partial charge < -0.3 is 15.0 Å². The van der Waals surface area contributed by atoms with Crippen molar-refractivity contribution < 1.29 is 5.11 Å².